The highest BCUT2D eigenvalue weighted by atomic mass is 16.3. The number of para-hydroxylation sites is 1. The molecule has 0 aliphatic carbocycles. The van der Waals surface area contributed by atoms with Gasteiger partial charge in [0.15, 0.2) is 6.23 Å². The first kappa shape index (κ1) is 24.7. The first-order chi connectivity index (χ1) is 22.2. The van der Waals surface area contributed by atoms with Crippen LogP contribution in [0.15, 0.2) is 152 Å². The summed E-state index contributed by atoms with van der Waals surface area (Å²) in [6.07, 6.45) is -0.716. The van der Waals surface area contributed by atoms with Crippen LogP contribution in [-0.4, -0.2) is 9.67 Å². The van der Waals surface area contributed by atoms with Crippen molar-refractivity contribution in [1.29, 1.82) is 0 Å². The molecule has 1 N–H and O–H groups in total. The highest BCUT2D eigenvalue weighted by Gasteiger charge is 2.27. The maximum Gasteiger partial charge on any atom is 0.158 e. The zero-order valence-electron chi connectivity index (χ0n) is 24.4. The minimum Gasteiger partial charge on any atom is -0.369 e. The van der Waals surface area contributed by atoms with E-state index in [2.05, 4.69) is 138 Å². The van der Waals surface area contributed by atoms with Crippen LogP contribution in [0.1, 0.15) is 11.8 Å². The molecular weight excluding hydrogens is 546 g/mol. The fourth-order valence-electron chi connectivity index (χ4n) is 7.83. The Kier molecular flexibility index (Phi) is 5.03. The van der Waals surface area contributed by atoms with E-state index in [9.17, 15) is 5.11 Å². The molecule has 2 heterocycles. The van der Waals surface area contributed by atoms with E-state index in [1.807, 2.05) is 18.2 Å². The molecule has 210 valence electrons. The predicted molar refractivity (Wildman–Crippen MR) is 189 cm³/mol. The number of aromatic nitrogens is 1. The molecule has 1 atom stereocenters. The third-order valence-electron chi connectivity index (χ3n) is 9.87. The van der Waals surface area contributed by atoms with E-state index in [-0.39, 0.29) is 0 Å². The molecule has 0 bridgehead atoms. The summed E-state index contributed by atoms with van der Waals surface area (Å²) in [6, 6.07) is 54.6. The van der Waals surface area contributed by atoms with Crippen molar-refractivity contribution in [3.05, 3.63) is 157 Å². The molecule has 0 fully saturated rings. The summed E-state index contributed by atoms with van der Waals surface area (Å²) in [5, 5.41) is 21.6. The van der Waals surface area contributed by atoms with Gasteiger partial charge in [0.05, 0.1) is 11.0 Å². The molecular formula is C43H27NO. The molecule has 9 aromatic rings. The molecule has 2 nitrogen and oxygen atoms in total. The third-order valence-corrected chi connectivity index (χ3v) is 9.87. The molecule has 0 radical (unpaired) electrons. The van der Waals surface area contributed by atoms with Crippen molar-refractivity contribution in [3.63, 3.8) is 0 Å². The van der Waals surface area contributed by atoms with E-state index in [4.69, 9.17) is 0 Å². The van der Waals surface area contributed by atoms with E-state index in [1.54, 1.807) is 0 Å². The molecule has 10 rings (SSSR count). The molecule has 8 aromatic carbocycles. The zero-order valence-corrected chi connectivity index (χ0v) is 24.4. The van der Waals surface area contributed by atoms with Crippen molar-refractivity contribution in [2.45, 2.75) is 6.23 Å². The summed E-state index contributed by atoms with van der Waals surface area (Å²) >= 11 is 0. The lowest BCUT2D eigenvalue weighted by Gasteiger charge is -2.25. The van der Waals surface area contributed by atoms with Crippen LogP contribution in [0.4, 0.5) is 0 Å². The Bertz CT molecular complexity index is 2640. The van der Waals surface area contributed by atoms with Gasteiger partial charge in [0.2, 0.25) is 0 Å². The number of benzene rings is 8. The van der Waals surface area contributed by atoms with Crippen molar-refractivity contribution in [2.75, 3.05) is 0 Å². The van der Waals surface area contributed by atoms with Crippen molar-refractivity contribution >= 4 is 54.1 Å². The van der Waals surface area contributed by atoms with Crippen LogP contribution in [0, 0.1) is 0 Å². The van der Waals surface area contributed by atoms with Crippen LogP contribution in [0.5, 0.6) is 0 Å². The Balaban J connectivity index is 1.14. The molecule has 1 aromatic heterocycles. The van der Waals surface area contributed by atoms with Crippen LogP contribution >= 0.6 is 0 Å². The maximum absolute atomic E-state index is 11.5. The van der Waals surface area contributed by atoms with Gasteiger partial charge in [0.25, 0.3) is 0 Å². The smallest absolute Gasteiger partial charge is 0.158 e. The van der Waals surface area contributed by atoms with Gasteiger partial charge < -0.3 is 9.67 Å². The Morgan fingerprint density at radius 3 is 1.62 bits per heavy atom. The Morgan fingerprint density at radius 2 is 0.889 bits per heavy atom. The fourth-order valence-corrected chi connectivity index (χ4v) is 7.83. The van der Waals surface area contributed by atoms with Gasteiger partial charge in [-0.05, 0) is 84.4 Å². The van der Waals surface area contributed by atoms with Crippen molar-refractivity contribution in [3.8, 4) is 33.4 Å². The van der Waals surface area contributed by atoms with Crippen molar-refractivity contribution < 1.29 is 5.11 Å². The summed E-state index contributed by atoms with van der Waals surface area (Å²) in [5.41, 5.74) is 10.1. The van der Waals surface area contributed by atoms with E-state index in [1.165, 1.54) is 60.0 Å². The Morgan fingerprint density at radius 1 is 0.378 bits per heavy atom. The minimum absolute atomic E-state index is 0.716. The molecule has 1 unspecified atom stereocenters. The molecule has 0 saturated heterocycles. The largest absolute Gasteiger partial charge is 0.369 e. The molecule has 2 heteroatoms. The number of aliphatic hydroxyl groups is 1. The topological polar surface area (TPSA) is 25.2 Å². The van der Waals surface area contributed by atoms with E-state index in [0.29, 0.717) is 0 Å². The number of rotatable bonds is 2. The van der Waals surface area contributed by atoms with Gasteiger partial charge in [-0.25, -0.2) is 0 Å². The van der Waals surface area contributed by atoms with E-state index < -0.39 is 6.23 Å². The van der Waals surface area contributed by atoms with Crippen LogP contribution < -0.4 is 0 Å². The summed E-state index contributed by atoms with van der Waals surface area (Å²) in [4.78, 5) is 0. The van der Waals surface area contributed by atoms with Crippen LogP contribution in [-0.2, 0) is 0 Å². The van der Waals surface area contributed by atoms with Gasteiger partial charge >= 0.3 is 0 Å². The zero-order chi connectivity index (χ0) is 29.6. The van der Waals surface area contributed by atoms with Gasteiger partial charge in [0.1, 0.15) is 0 Å². The number of aliphatic hydroxyl groups excluding tert-OH is 1. The second kappa shape index (κ2) is 9.15. The van der Waals surface area contributed by atoms with Gasteiger partial charge in [-0.2, -0.15) is 0 Å². The number of fused-ring (bicyclic) bond motifs is 11. The summed E-state index contributed by atoms with van der Waals surface area (Å²) < 4.78 is 2.10. The number of hydrogen-bond acceptors (Lipinski definition) is 1. The predicted octanol–water partition coefficient (Wildman–Crippen LogP) is 11.1. The first-order valence-electron chi connectivity index (χ1n) is 15.5. The summed E-state index contributed by atoms with van der Waals surface area (Å²) in [6.45, 7) is 0. The van der Waals surface area contributed by atoms with Gasteiger partial charge in [0, 0.05) is 21.9 Å². The lowest BCUT2D eigenvalue weighted by molar-refractivity contribution is 0.155. The highest BCUT2D eigenvalue weighted by molar-refractivity contribution is 6.25. The van der Waals surface area contributed by atoms with Gasteiger partial charge in [-0.15, -0.1) is 0 Å². The van der Waals surface area contributed by atoms with Crippen molar-refractivity contribution in [1.82, 2.24) is 4.57 Å². The second-order valence-corrected chi connectivity index (χ2v) is 12.2. The van der Waals surface area contributed by atoms with Gasteiger partial charge in [-0.1, -0.05) is 127 Å². The third kappa shape index (κ3) is 3.43. The molecule has 0 amide bonds. The quantitative estimate of drug-likeness (QED) is 0.204. The average Bonchev–Trinajstić information content (AvgIpc) is 3.45. The summed E-state index contributed by atoms with van der Waals surface area (Å²) in [7, 11) is 0. The average molecular weight is 574 g/mol. The lowest BCUT2D eigenvalue weighted by Crippen LogP contribution is -2.14. The monoisotopic (exact) mass is 573 g/mol. The molecule has 0 spiro atoms. The number of nitrogens with zero attached hydrogens (tertiary/aromatic N) is 1. The normalized spacial score (nSPS) is 14.1. The van der Waals surface area contributed by atoms with Crippen LogP contribution in [0.2, 0.25) is 0 Å². The first-order valence-corrected chi connectivity index (χ1v) is 15.5. The summed E-state index contributed by atoms with van der Waals surface area (Å²) in [5.74, 6) is 0. The van der Waals surface area contributed by atoms with Crippen LogP contribution in [0.25, 0.3) is 87.5 Å². The van der Waals surface area contributed by atoms with Crippen molar-refractivity contribution in [2.24, 2.45) is 0 Å². The van der Waals surface area contributed by atoms with Crippen LogP contribution in [0.3, 0.4) is 0 Å². The lowest BCUT2D eigenvalue weighted by atomic mass is 9.91. The highest BCUT2D eigenvalue weighted by Crippen LogP contribution is 2.46. The Labute approximate surface area is 260 Å². The van der Waals surface area contributed by atoms with E-state index in [0.717, 1.165) is 33.1 Å². The second-order valence-electron chi connectivity index (χ2n) is 12.2. The minimum atomic E-state index is -0.716. The maximum atomic E-state index is 11.5. The SMILES string of the molecule is OC1c2ccccc2-c2cccc3c4cc(-c5cccc(-c6ccc7c8ccccc8c8ccccc8c7c6)c5)ccc4n1c23. The van der Waals surface area contributed by atoms with E-state index >= 15 is 0 Å². The fraction of sp³-hybridized carbons (Fsp3) is 0.0233. The standard InChI is InChI=1S/C43H27NO/c45-43-38-16-6-5-15-34(38)36-17-8-18-37-40-25-29(20-22-41(40)44(43)42(36)37)27-10-7-9-26(23-27)28-19-21-35-32-13-2-1-11-30(32)31-12-3-4-14-33(31)39(35)24-28/h1-25,43,45H. The molecule has 1 aliphatic rings. The molecule has 0 saturated carbocycles. The Hall–Kier alpha value is -5.70. The number of hydrogen-bond donors (Lipinski definition) is 1. The molecule has 1 aliphatic heterocycles. The van der Waals surface area contributed by atoms with Gasteiger partial charge in [-0.3, -0.25) is 0 Å². The molecule has 45 heavy (non-hydrogen) atoms.